The molecule has 3 N–H and O–H groups in total. The van der Waals surface area contributed by atoms with Crippen molar-refractivity contribution in [2.24, 2.45) is 5.10 Å². The van der Waals surface area contributed by atoms with Crippen LogP contribution in [0.5, 0.6) is 0 Å². The van der Waals surface area contributed by atoms with Gasteiger partial charge >= 0.3 is 5.97 Å². The highest BCUT2D eigenvalue weighted by Gasteiger charge is 2.14. The molecular formula is C15H14BrN3O3S. The van der Waals surface area contributed by atoms with Crippen LogP contribution in [0.25, 0.3) is 0 Å². The molecule has 0 aliphatic rings. The molecule has 0 fully saturated rings. The van der Waals surface area contributed by atoms with Gasteiger partial charge in [0.1, 0.15) is 5.00 Å². The number of amides is 1. The number of anilines is 1. The first kappa shape index (κ1) is 17.2. The predicted molar refractivity (Wildman–Crippen MR) is 93.9 cm³/mol. The molecule has 1 amide bonds. The van der Waals surface area contributed by atoms with Gasteiger partial charge in [0.05, 0.1) is 23.3 Å². The van der Waals surface area contributed by atoms with Crippen molar-refractivity contribution >= 4 is 50.4 Å². The van der Waals surface area contributed by atoms with Crippen molar-refractivity contribution in [3.8, 4) is 0 Å². The molecule has 0 saturated carbocycles. The van der Waals surface area contributed by atoms with Crippen LogP contribution in [0.15, 0.2) is 39.9 Å². The number of nitrogens with two attached hydrogens (primary N) is 1. The third-order valence-electron chi connectivity index (χ3n) is 2.74. The number of hydrogen-bond acceptors (Lipinski definition) is 6. The number of carbonyl (C=O) groups is 2. The maximum absolute atomic E-state index is 11.9. The third kappa shape index (κ3) is 4.64. The zero-order valence-corrected chi connectivity index (χ0v) is 14.6. The number of nitrogens with zero attached hydrogens (tertiary/aromatic N) is 1. The van der Waals surface area contributed by atoms with Gasteiger partial charge in [-0.2, -0.15) is 5.10 Å². The second-order valence-corrected chi connectivity index (χ2v) is 6.38. The van der Waals surface area contributed by atoms with E-state index in [9.17, 15) is 9.59 Å². The van der Waals surface area contributed by atoms with Crippen LogP contribution in [0.1, 0.15) is 32.5 Å². The van der Waals surface area contributed by atoms with Gasteiger partial charge in [0, 0.05) is 10.0 Å². The monoisotopic (exact) mass is 395 g/mol. The highest BCUT2D eigenvalue weighted by atomic mass is 79.9. The normalized spacial score (nSPS) is 10.7. The van der Waals surface area contributed by atoms with E-state index in [1.54, 1.807) is 37.3 Å². The Morgan fingerprint density at radius 2 is 2.09 bits per heavy atom. The van der Waals surface area contributed by atoms with Crippen molar-refractivity contribution in [3.05, 3.63) is 50.8 Å². The minimum atomic E-state index is -0.472. The van der Waals surface area contributed by atoms with E-state index in [4.69, 9.17) is 10.5 Å². The summed E-state index contributed by atoms with van der Waals surface area (Å²) in [5.41, 5.74) is 8.98. The molecule has 1 aromatic heterocycles. The fraction of sp³-hybridized carbons (Fsp3) is 0.133. The highest BCUT2D eigenvalue weighted by molar-refractivity contribution is 9.10. The summed E-state index contributed by atoms with van der Waals surface area (Å²) in [5.74, 6) is -0.802. The lowest BCUT2D eigenvalue weighted by atomic mass is 10.2. The molecule has 120 valence electrons. The highest BCUT2D eigenvalue weighted by Crippen LogP contribution is 2.24. The van der Waals surface area contributed by atoms with Crippen LogP contribution in [0.2, 0.25) is 0 Å². The van der Waals surface area contributed by atoms with Gasteiger partial charge in [0.25, 0.3) is 5.91 Å². The third-order valence-corrected chi connectivity index (χ3v) is 4.17. The maximum atomic E-state index is 11.9. The summed E-state index contributed by atoms with van der Waals surface area (Å²) in [6.07, 6.45) is 1.43. The number of rotatable bonds is 5. The van der Waals surface area contributed by atoms with Gasteiger partial charge in [-0.15, -0.1) is 11.3 Å². The zero-order chi connectivity index (χ0) is 16.8. The van der Waals surface area contributed by atoms with Crippen molar-refractivity contribution < 1.29 is 14.3 Å². The quantitative estimate of drug-likeness (QED) is 0.462. The number of thiophene rings is 1. The molecule has 0 radical (unpaired) electrons. The lowest BCUT2D eigenvalue weighted by molar-refractivity contribution is 0.0528. The van der Waals surface area contributed by atoms with Gasteiger partial charge in [-0.1, -0.05) is 15.9 Å². The summed E-state index contributed by atoms with van der Waals surface area (Å²) in [6, 6.07) is 8.47. The molecule has 6 nitrogen and oxygen atoms in total. The van der Waals surface area contributed by atoms with Crippen LogP contribution < -0.4 is 11.2 Å². The number of ether oxygens (including phenoxy) is 1. The molecule has 0 aliphatic carbocycles. The minimum absolute atomic E-state index is 0.279. The standard InChI is InChI=1S/C15H14BrN3O3S/c1-2-22-15(21)12-7-11(23-13(12)17)8-18-19-14(20)9-3-5-10(16)6-4-9/h3-8H,2,17H2,1H3,(H,19,20). The molecular weight excluding hydrogens is 382 g/mol. The molecule has 23 heavy (non-hydrogen) atoms. The Labute approximate surface area is 145 Å². The second kappa shape index (κ2) is 7.89. The van der Waals surface area contributed by atoms with Crippen LogP contribution in [-0.2, 0) is 4.74 Å². The second-order valence-electron chi connectivity index (χ2n) is 4.35. The van der Waals surface area contributed by atoms with Gasteiger partial charge in [0.2, 0.25) is 0 Å². The SMILES string of the molecule is CCOC(=O)c1cc(C=NNC(=O)c2ccc(Br)cc2)sc1N. The van der Waals surface area contributed by atoms with Crippen molar-refractivity contribution in [2.45, 2.75) is 6.92 Å². The van der Waals surface area contributed by atoms with Crippen LogP contribution >= 0.6 is 27.3 Å². The lowest BCUT2D eigenvalue weighted by Crippen LogP contribution is -2.17. The maximum Gasteiger partial charge on any atom is 0.341 e. The Kier molecular flexibility index (Phi) is 5.89. The minimum Gasteiger partial charge on any atom is -0.462 e. The summed E-state index contributed by atoms with van der Waals surface area (Å²) >= 11 is 4.49. The van der Waals surface area contributed by atoms with Crippen molar-refractivity contribution in [1.29, 1.82) is 0 Å². The summed E-state index contributed by atoms with van der Waals surface area (Å²) in [5, 5.41) is 4.22. The van der Waals surface area contributed by atoms with Gasteiger partial charge < -0.3 is 10.5 Å². The Morgan fingerprint density at radius 1 is 1.39 bits per heavy atom. The summed E-state index contributed by atoms with van der Waals surface area (Å²) < 4.78 is 5.79. The fourth-order valence-electron chi connectivity index (χ4n) is 1.68. The Morgan fingerprint density at radius 3 is 2.74 bits per heavy atom. The van der Waals surface area contributed by atoms with Crippen molar-refractivity contribution in [3.63, 3.8) is 0 Å². The summed E-state index contributed by atoms with van der Waals surface area (Å²) in [4.78, 5) is 24.2. The van der Waals surface area contributed by atoms with Gasteiger partial charge in [-0.25, -0.2) is 10.2 Å². The molecule has 0 aliphatic heterocycles. The lowest BCUT2D eigenvalue weighted by Gasteiger charge is -1.99. The molecule has 8 heteroatoms. The van der Waals surface area contributed by atoms with Gasteiger partial charge in [-0.3, -0.25) is 4.79 Å². The Bertz CT molecular complexity index is 741. The van der Waals surface area contributed by atoms with E-state index in [1.807, 2.05) is 0 Å². The Balaban J connectivity index is 2.00. The molecule has 2 aromatic rings. The average molecular weight is 396 g/mol. The van der Waals surface area contributed by atoms with E-state index in [1.165, 1.54) is 17.6 Å². The molecule has 2 rings (SSSR count). The summed E-state index contributed by atoms with van der Waals surface area (Å²) in [6.45, 7) is 2.00. The largest absolute Gasteiger partial charge is 0.462 e. The zero-order valence-electron chi connectivity index (χ0n) is 12.2. The molecule has 0 unspecified atom stereocenters. The van der Waals surface area contributed by atoms with Crippen LogP contribution in [0.4, 0.5) is 5.00 Å². The van der Waals surface area contributed by atoms with E-state index < -0.39 is 5.97 Å². The first-order valence-electron chi connectivity index (χ1n) is 6.66. The molecule has 0 saturated heterocycles. The number of hydrogen-bond donors (Lipinski definition) is 2. The Hall–Kier alpha value is -2.19. The number of hydrazone groups is 1. The van der Waals surface area contributed by atoms with E-state index in [0.29, 0.717) is 21.0 Å². The number of benzene rings is 1. The molecule has 1 heterocycles. The molecule has 0 atom stereocenters. The van der Waals surface area contributed by atoms with Gasteiger partial charge in [-0.05, 0) is 37.3 Å². The topological polar surface area (TPSA) is 93.8 Å². The first-order chi connectivity index (χ1) is 11.0. The van der Waals surface area contributed by atoms with E-state index in [0.717, 1.165) is 4.47 Å². The van der Waals surface area contributed by atoms with Gasteiger partial charge in [0.15, 0.2) is 0 Å². The number of carbonyl (C=O) groups excluding carboxylic acids is 2. The molecule has 1 aromatic carbocycles. The van der Waals surface area contributed by atoms with Crippen LogP contribution in [0.3, 0.4) is 0 Å². The molecule has 0 bridgehead atoms. The smallest absolute Gasteiger partial charge is 0.341 e. The number of nitrogens with one attached hydrogen (secondary N) is 1. The van der Waals surface area contributed by atoms with Crippen LogP contribution in [-0.4, -0.2) is 24.7 Å². The number of halogens is 1. The summed E-state index contributed by atoms with van der Waals surface area (Å²) in [7, 11) is 0. The average Bonchev–Trinajstić information content (AvgIpc) is 2.89. The van der Waals surface area contributed by atoms with E-state index in [2.05, 4.69) is 26.5 Å². The van der Waals surface area contributed by atoms with E-state index in [-0.39, 0.29) is 12.5 Å². The van der Waals surface area contributed by atoms with Crippen molar-refractivity contribution in [2.75, 3.05) is 12.3 Å². The predicted octanol–water partition coefficient (Wildman–Crippen LogP) is 3.03. The molecule has 0 spiro atoms. The van der Waals surface area contributed by atoms with Crippen molar-refractivity contribution in [1.82, 2.24) is 5.43 Å². The number of esters is 1. The first-order valence-corrected chi connectivity index (χ1v) is 8.27. The van der Waals surface area contributed by atoms with Crippen LogP contribution in [0, 0.1) is 0 Å². The van der Waals surface area contributed by atoms with E-state index >= 15 is 0 Å². The fourth-order valence-corrected chi connectivity index (χ4v) is 2.73. The number of nitrogen functional groups attached to an aromatic ring is 1.